The summed E-state index contributed by atoms with van der Waals surface area (Å²) < 4.78 is 5.48. The predicted octanol–water partition coefficient (Wildman–Crippen LogP) is 2.44. The molecular formula is C15H22N2O5. The van der Waals surface area contributed by atoms with Crippen molar-refractivity contribution in [2.24, 2.45) is 17.6 Å². The zero-order valence-corrected chi connectivity index (χ0v) is 12.6. The Bertz CT molecular complexity index is 506. The number of hydrogen-bond donors (Lipinski definition) is 2. The number of carbonyl (C=O) groups is 1. The quantitative estimate of drug-likeness (QED) is 0.506. The minimum atomic E-state index is -0.848. The molecule has 122 valence electrons. The fourth-order valence-corrected chi connectivity index (χ4v) is 2.30. The lowest BCUT2D eigenvalue weighted by Gasteiger charge is -2.18. The molecule has 7 heteroatoms. The summed E-state index contributed by atoms with van der Waals surface area (Å²) in [6.45, 7) is 2.67. The Hall–Kier alpha value is -2.15. The minimum absolute atomic E-state index is 0.0548. The normalized spacial score (nSPS) is 13.4. The van der Waals surface area contributed by atoms with E-state index in [0.717, 1.165) is 0 Å². The van der Waals surface area contributed by atoms with Gasteiger partial charge in [-0.2, -0.15) is 0 Å². The summed E-state index contributed by atoms with van der Waals surface area (Å²) in [6.07, 6.45) is 1.44. The van der Waals surface area contributed by atoms with Gasteiger partial charge >= 0.3 is 11.7 Å². The van der Waals surface area contributed by atoms with Crippen LogP contribution in [0.5, 0.6) is 5.75 Å². The molecule has 2 atom stereocenters. The molecular weight excluding hydrogens is 288 g/mol. The summed E-state index contributed by atoms with van der Waals surface area (Å²) in [4.78, 5) is 21.1. The number of ether oxygens (including phenoxy) is 1. The van der Waals surface area contributed by atoms with Crippen molar-refractivity contribution in [1.82, 2.24) is 0 Å². The molecule has 0 fully saturated rings. The molecule has 7 nitrogen and oxygen atoms in total. The number of rotatable bonds is 10. The molecule has 1 aromatic rings. The Kier molecular flexibility index (Phi) is 7.31. The standard InChI is InChI=1S/C15H22N2O5/c1-11(8-12(10-16)9-15(18)19)6-7-22-14-5-3-2-4-13(14)17(20)21/h2-5,11-12H,6-10,16H2,1H3,(H,18,19)/t11?,12-/m0/s1. The second-order valence-electron chi connectivity index (χ2n) is 5.40. The lowest BCUT2D eigenvalue weighted by molar-refractivity contribution is -0.385. The summed E-state index contributed by atoms with van der Waals surface area (Å²) >= 11 is 0. The molecule has 0 saturated carbocycles. The molecule has 3 N–H and O–H groups in total. The number of benzene rings is 1. The third kappa shape index (κ3) is 6.09. The second kappa shape index (κ2) is 8.99. The van der Waals surface area contributed by atoms with Crippen molar-refractivity contribution in [3.8, 4) is 5.75 Å². The van der Waals surface area contributed by atoms with Gasteiger partial charge in [0.1, 0.15) is 0 Å². The van der Waals surface area contributed by atoms with Crippen LogP contribution in [-0.2, 0) is 4.79 Å². The number of nitrogens with zero attached hydrogens (tertiary/aromatic N) is 1. The van der Waals surface area contributed by atoms with Gasteiger partial charge in [-0.3, -0.25) is 14.9 Å². The molecule has 0 aliphatic carbocycles. The number of nitrogens with two attached hydrogens (primary N) is 1. The molecule has 22 heavy (non-hydrogen) atoms. The first-order chi connectivity index (χ1) is 10.4. The first-order valence-corrected chi connectivity index (χ1v) is 7.22. The third-order valence-electron chi connectivity index (χ3n) is 3.46. The van der Waals surface area contributed by atoms with Crippen molar-refractivity contribution in [1.29, 1.82) is 0 Å². The van der Waals surface area contributed by atoms with E-state index < -0.39 is 10.9 Å². The molecule has 0 saturated heterocycles. The Morgan fingerprint density at radius 1 is 1.45 bits per heavy atom. The van der Waals surface area contributed by atoms with Crippen molar-refractivity contribution >= 4 is 11.7 Å². The molecule has 0 aliphatic rings. The van der Waals surface area contributed by atoms with Gasteiger partial charge in [0.05, 0.1) is 11.5 Å². The lowest BCUT2D eigenvalue weighted by Crippen LogP contribution is -2.21. The van der Waals surface area contributed by atoms with Crippen molar-refractivity contribution in [3.05, 3.63) is 34.4 Å². The van der Waals surface area contributed by atoms with E-state index in [-0.39, 0.29) is 29.7 Å². The van der Waals surface area contributed by atoms with Gasteiger partial charge in [-0.1, -0.05) is 19.1 Å². The highest BCUT2D eigenvalue weighted by atomic mass is 16.6. The van der Waals surface area contributed by atoms with Gasteiger partial charge in [-0.05, 0) is 37.3 Å². The zero-order chi connectivity index (χ0) is 16.5. The molecule has 0 spiro atoms. The van der Waals surface area contributed by atoms with Gasteiger partial charge in [0, 0.05) is 12.5 Å². The molecule has 0 bridgehead atoms. The van der Waals surface area contributed by atoms with E-state index in [2.05, 4.69) is 0 Å². The average Bonchev–Trinajstić information content (AvgIpc) is 2.46. The van der Waals surface area contributed by atoms with E-state index in [4.69, 9.17) is 15.6 Å². The number of aliphatic carboxylic acids is 1. The van der Waals surface area contributed by atoms with Crippen LogP contribution in [0.4, 0.5) is 5.69 Å². The SMILES string of the molecule is CC(CCOc1ccccc1[N+](=O)[O-])C[C@H](CN)CC(=O)O. The molecule has 0 radical (unpaired) electrons. The molecule has 0 amide bonds. The molecule has 0 heterocycles. The van der Waals surface area contributed by atoms with Gasteiger partial charge in [-0.25, -0.2) is 0 Å². The van der Waals surface area contributed by atoms with Crippen LogP contribution in [0.15, 0.2) is 24.3 Å². The van der Waals surface area contributed by atoms with Crippen LogP contribution in [0.2, 0.25) is 0 Å². The number of nitro groups is 1. The maximum absolute atomic E-state index is 10.9. The van der Waals surface area contributed by atoms with Crippen molar-refractivity contribution in [3.63, 3.8) is 0 Å². The maximum Gasteiger partial charge on any atom is 0.310 e. The molecule has 1 rings (SSSR count). The highest BCUT2D eigenvalue weighted by molar-refractivity contribution is 5.67. The van der Waals surface area contributed by atoms with E-state index in [0.29, 0.717) is 26.0 Å². The van der Waals surface area contributed by atoms with Gasteiger partial charge < -0.3 is 15.6 Å². The Balaban J connectivity index is 2.43. The topological polar surface area (TPSA) is 116 Å². The summed E-state index contributed by atoms with van der Waals surface area (Å²) in [5.74, 6) is -0.423. The van der Waals surface area contributed by atoms with Gasteiger partial charge in [0.15, 0.2) is 5.75 Å². The van der Waals surface area contributed by atoms with E-state index in [1.165, 1.54) is 6.07 Å². The van der Waals surface area contributed by atoms with Crippen LogP contribution in [-0.4, -0.2) is 29.2 Å². The predicted molar refractivity (Wildman–Crippen MR) is 81.8 cm³/mol. The van der Waals surface area contributed by atoms with Crippen LogP contribution >= 0.6 is 0 Å². The lowest BCUT2D eigenvalue weighted by atomic mass is 9.91. The Labute approximate surface area is 129 Å². The van der Waals surface area contributed by atoms with E-state index in [1.807, 2.05) is 6.92 Å². The van der Waals surface area contributed by atoms with Crippen LogP contribution in [0.1, 0.15) is 26.2 Å². The van der Waals surface area contributed by atoms with Crippen LogP contribution in [0, 0.1) is 22.0 Å². The van der Waals surface area contributed by atoms with Crippen molar-refractivity contribution in [2.75, 3.05) is 13.2 Å². The van der Waals surface area contributed by atoms with E-state index >= 15 is 0 Å². The zero-order valence-electron chi connectivity index (χ0n) is 12.6. The molecule has 1 aromatic carbocycles. The second-order valence-corrected chi connectivity index (χ2v) is 5.40. The van der Waals surface area contributed by atoms with Crippen LogP contribution in [0.3, 0.4) is 0 Å². The smallest absolute Gasteiger partial charge is 0.310 e. The summed E-state index contributed by atoms with van der Waals surface area (Å²) in [7, 11) is 0. The average molecular weight is 310 g/mol. The summed E-state index contributed by atoms with van der Waals surface area (Å²) in [5, 5.41) is 19.7. The number of nitro benzene ring substituents is 1. The van der Waals surface area contributed by atoms with Gasteiger partial charge in [-0.15, -0.1) is 0 Å². The van der Waals surface area contributed by atoms with Crippen LogP contribution in [0.25, 0.3) is 0 Å². The van der Waals surface area contributed by atoms with Gasteiger partial charge in [0.2, 0.25) is 0 Å². The number of hydrogen-bond acceptors (Lipinski definition) is 5. The Morgan fingerprint density at radius 2 is 2.14 bits per heavy atom. The number of carboxylic acids is 1. The summed E-state index contributed by atoms with van der Waals surface area (Å²) in [6, 6.07) is 6.24. The highest BCUT2D eigenvalue weighted by Gasteiger charge is 2.17. The van der Waals surface area contributed by atoms with Crippen molar-refractivity contribution in [2.45, 2.75) is 26.2 Å². The maximum atomic E-state index is 10.9. The third-order valence-corrected chi connectivity index (χ3v) is 3.46. The van der Waals surface area contributed by atoms with Gasteiger partial charge in [0.25, 0.3) is 0 Å². The molecule has 1 unspecified atom stereocenters. The fraction of sp³-hybridized carbons (Fsp3) is 0.533. The highest BCUT2D eigenvalue weighted by Crippen LogP contribution is 2.26. The largest absolute Gasteiger partial charge is 0.487 e. The Morgan fingerprint density at radius 3 is 2.73 bits per heavy atom. The first kappa shape index (κ1) is 17.9. The minimum Gasteiger partial charge on any atom is -0.487 e. The molecule has 0 aromatic heterocycles. The fourth-order valence-electron chi connectivity index (χ4n) is 2.30. The monoisotopic (exact) mass is 310 g/mol. The number of carboxylic acid groups (broad SMARTS) is 1. The first-order valence-electron chi connectivity index (χ1n) is 7.22. The summed E-state index contributed by atoms with van der Waals surface area (Å²) in [5.41, 5.74) is 5.52. The number of para-hydroxylation sites is 2. The van der Waals surface area contributed by atoms with Crippen molar-refractivity contribution < 1.29 is 19.6 Å². The van der Waals surface area contributed by atoms with E-state index in [9.17, 15) is 14.9 Å². The molecule has 0 aliphatic heterocycles. The van der Waals surface area contributed by atoms with Crippen LogP contribution < -0.4 is 10.5 Å². The van der Waals surface area contributed by atoms with E-state index in [1.54, 1.807) is 18.2 Å².